The van der Waals surface area contributed by atoms with Crippen LogP contribution in [0.4, 0.5) is 0 Å². The molecule has 2 aromatic carbocycles. The monoisotopic (exact) mass is 958 g/mol. The van der Waals surface area contributed by atoms with E-state index >= 15 is 0 Å². The fraction of sp³-hybridized carbons (Fsp3) is 0.175. The molecule has 0 aliphatic carbocycles. The van der Waals surface area contributed by atoms with Gasteiger partial charge in [-0.25, -0.2) is 24.7 Å². The number of benzene rings is 2. The average molecular weight is 961 g/mol. The van der Waals surface area contributed by atoms with E-state index in [0.29, 0.717) is 45.0 Å². The lowest BCUT2D eigenvalue weighted by Gasteiger charge is -2.16. The van der Waals surface area contributed by atoms with E-state index in [1.165, 1.54) is 39.1 Å². The van der Waals surface area contributed by atoms with Gasteiger partial charge >= 0.3 is 5.97 Å². The molecule has 0 saturated carbocycles. The Balaban J connectivity index is 0.000000177. The molecule has 0 fully saturated rings. The van der Waals surface area contributed by atoms with Gasteiger partial charge < -0.3 is 28.2 Å². The first kappa shape index (κ1) is 44.3. The minimum Gasteiger partial charge on any atom is -0.477 e. The number of carbonyl (C=O) groups excluding carboxylic acids is 1. The Morgan fingerprint density at radius 2 is 1.12 bits per heavy atom. The average Bonchev–Trinajstić information content (AvgIpc) is 4.09. The van der Waals surface area contributed by atoms with E-state index in [9.17, 15) is 4.79 Å². The highest BCUT2D eigenvalue weighted by atomic mass is 35.5. The first-order valence-corrected chi connectivity index (χ1v) is 20.3. The maximum Gasteiger partial charge on any atom is 0.376 e. The summed E-state index contributed by atoms with van der Waals surface area (Å²) in [5, 5.41) is 21.4. The summed E-state index contributed by atoms with van der Waals surface area (Å²) in [6.07, 6.45) is 6.47. The third-order valence-electron chi connectivity index (χ3n) is 9.10. The number of pyridine rings is 2. The number of fused-ring (bicyclic) bond motifs is 2. The molecule has 0 atom stereocenters. The van der Waals surface area contributed by atoms with Gasteiger partial charge in [0.25, 0.3) is 29.4 Å². The summed E-state index contributed by atoms with van der Waals surface area (Å²) in [5.41, 5.74) is 3.23. The van der Waals surface area contributed by atoms with E-state index in [1.807, 2.05) is 6.07 Å². The quantitative estimate of drug-likeness (QED) is 0.113. The molecule has 0 aliphatic heterocycles. The molecule has 0 bridgehead atoms. The lowest BCUT2D eigenvalue weighted by atomic mass is 10.2. The number of aromatic nitrogens is 14. The number of carbonyl (C=O) groups is 1. The molecule has 0 saturated heterocycles. The number of ether oxygens (including phenoxy) is 5. The Morgan fingerprint density at radius 3 is 1.58 bits per heavy atom. The number of nitrogens with zero attached hydrogens (tertiary/aromatic N) is 14. The topological polar surface area (TPSA) is 241 Å². The minimum atomic E-state index is -0.701. The van der Waals surface area contributed by atoms with E-state index in [4.69, 9.17) is 74.6 Å². The summed E-state index contributed by atoms with van der Waals surface area (Å²) in [6.45, 7) is 3.52. The van der Waals surface area contributed by atoms with Crippen LogP contribution in [-0.4, -0.2) is 111 Å². The number of halogens is 4. The van der Waals surface area contributed by atoms with Gasteiger partial charge in [0, 0.05) is 35.9 Å². The maximum absolute atomic E-state index is 12.7. The van der Waals surface area contributed by atoms with Crippen LogP contribution >= 0.6 is 46.4 Å². The van der Waals surface area contributed by atoms with Gasteiger partial charge in [0.1, 0.15) is 11.0 Å². The van der Waals surface area contributed by atoms with Crippen molar-refractivity contribution in [1.82, 2.24) is 69.6 Å². The van der Waals surface area contributed by atoms with E-state index in [0.717, 1.165) is 0 Å². The molecular formula is C40H30Cl4N14O7. The van der Waals surface area contributed by atoms with Crippen LogP contribution in [0.1, 0.15) is 23.4 Å². The van der Waals surface area contributed by atoms with E-state index in [-0.39, 0.29) is 84.8 Å². The lowest BCUT2D eigenvalue weighted by Crippen LogP contribution is -2.14. The van der Waals surface area contributed by atoms with Crippen LogP contribution in [0.3, 0.4) is 0 Å². The summed E-state index contributed by atoms with van der Waals surface area (Å²) < 4.78 is 34.8. The Kier molecular flexibility index (Phi) is 12.8. The number of hydrogen-bond donors (Lipinski definition) is 0. The molecule has 330 valence electrons. The van der Waals surface area contributed by atoms with Crippen LogP contribution in [0, 0.1) is 6.92 Å². The van der Waals surface area contributed by atoms with Crippen LogP contribution in [-0.2, 0) is 4.74 Å². The molecular weight excluding hydrogens is 930 g/mol. The Hall–Kier alpha value is -7.33. The predicted molar refractivity (Wildman–Crippen MR) is 236 cm³/mol. The molecule has 0 aliphatic rings. The number of rotatable bonds is 11. The largest absolute Gasteiger partial charge is 0.477 e. The molecule has 0 amide bonds. The van der Waals surface area contributed by atoms with Crippen molar-refractivity contribution >= 4 is 74.4 Å². The van der Waals surface area contributed by atoms with E-state index in [1.54, 1.807) is 67.5 Å². The fourth-order valence-electron chi connectivity index (χ4n) is 6.33. The second kappa shape index (κ2) is 18.8. The third-order valence-corrected chi connectivity index (χ3v) is 10.7. The lowest BCUT2D eigenvalue weighted by molar-refractivity contribution is 0.0509. The molecule has 7 heterocycles. The molecule has 0 radical (unpaired) electrons. The fourth-order valence-corrected chi connectivity index (χ4v) is 7.18. The standard InChI is InChI=1S/C20H14Cl2N8O3.C20H16Cl2N6O4/c1-9-24-18(33-29-9)17-28-27-16(10-5-4-6-23-8-10)30(17)15-13(22)11(21)7-12-14(15)26-20(32-3)19(25-12)31-2;1-4-32-20(29)17-27-26-16(10-6-5-7-23-9-10)28(17)15-13(22)11(21)8-12-14(15)25-19(31-3)18(24-12)30-2/h4-8H,1-3H3;5-9H,4H2,1-3H3. The van der Waals surface area contributed by atoms with Crippen molar-refractivity contribution in [3.05, 3.63) is 92.9 Å². The molecule has 0 unspecified atom stereocenters. The SMILES string of the molecule is CCOC(=O)c1nnc(-c2cccnc2)n1-c1c(Cl)c(Cl)cc2nc(OC)c(OC)nc12.COc1nc2cc(Cl)c(Cl)c(-n3c(-c4cccnc4)nnc3-c3nc(C)no3)c2nc1OC. The first-order chi connectivity index (χ1) is 31.5. The highest BCUT2D eigenvalue weighted by molar-refractivity contribution is 6.45. The highest BCUT2D eigenvalue weighted by Crippen LogP contribution is 2.42. The maximum atomic E-state index is 12.7. The van der Waals surface area contributed by atoms with Gasteiger partial charge in [-0.05, 0) is 50.2 Å². The zero-order chi connectivity index (χ0) is 45.9. The van der Waals surface area contributed by atoms with Gasteiger partial charge in [0.2, 0.25) is 11.6 Å². The molecule has 9 rings (SSSR count). The third kappa shape index (κ3) is 8.32. The smallest absolute Gasteiger partial charge is 0.376 e. The highest BCUT2D eigenvalue weighted by Gasteiger charge is 2.30. The van der Waals surface area contributed by atoms with Gasteiger partial charge in [-0.2, -0.15) is 4.98 Å². The molecule has 7 aromatic heterocycles. The number of hydrogen-bond acceptors (Lipinski definition) is 19. The Morgan fingerprint density at radius 1 is 0.646 bits per heavy atom. The van der Waals surface area contributed by atoms with Crippen molar-refractivity contribution in [3.8, 4) is 69.4 Å². The second-order valence-electron chi connectivity index (χ2n) is 13.0. The van der Waals surface area contributed by atoms with Crippen molar-refractivity contribution < 1.29 is 33.0 Å². The van der Waals surface area contributed by atoms with Crippen LogP contribution in [0.15, 0.2) is 65.7 Å². The van der Waals surface area contributed by atoms with E-state index in [2.05, 4.69) is 60.4 Å². The van der Waals surface area contributed by atoms with Crippen LogP contribution < -0.4 is 18.9 Å². The van der Waals surface area contributed by atoms with Gasteiger partial charge in [-0.3, -0.25) is 19.1 Å². The normalized spacial score (nSPS) is 11.0. The Labute approximate surface area is 386 Å². The molecule has 0 N–H and O–H groups in total. The molecule has 0 spiro atoms. The first-order valence-electron chi connectivity index (χ1n) is 18.8. The zero-order valence-electron chi connectivity index (χ0n) is 34.6. The molecule has 65 heavy (non-hydrogen) atoms. The second-order valence-corrected chi connectivity index (χ2v) is 14.5. The van der Waals surface area contributed by atoms with Crippen LogP contribution in [0.2, 0.25) is 20.1 Å². The van der Waals surface area contributed by atoms with Crippen molar-refractivity contribution in [2.24, 2.45) is 0 Å². The van der Waals surface area contributed by atoms with Crippen molar-refractivity contribution in [1.29, 1.82) is 0 Å². The molecule has 25 heteroatoms. The summed E-state index contributed by atoms with van der Waals surface area (Å²) >= 11 is 26.3. The van der Waals surface area contributed by atoms with Gasteiger partial charge in [0.05, 0.1) is 77.5 Å². The van der Waals surface area contributed by atoms with Crippen LogP contribution in [0.5, 0.6) is 23.5 Å². The van der Waals surface area contributed by atoms with Crippen molar-refractivity contribution in [3.63, 3.8) is 0 Å². The van der Waals surface area contributed by atoms with Crippen LogP contribution in [0.25, 0.3) is 67.9 Å². The minimum absolute atomic E-state index is 0.108. The zero-order valence-corrected chi connectivity index (χ0v) is 37.6. The summed E-state index contributed by atoms with van der Waals surface area (Å²) in [4.78, 5) is 43.3. The summed E-state index contributed by atoms with van der Waals surface area (Å²) in [7, 11) is 5.80. The van der Waals surface area contributed by atoms with Crippen molar-refractivity contribution in [2.45, 2.75) is 13.8 Å². The predicted octanol–water partition coefficient (Wildman–Crippen LogP) is 7.73. The molecule has 9 aromatic rings. The number of esters is 1. The number of aryl methyl sites for hydroxylation is 1. The number of methoxy groups -OCH3 is 4. The summed E-state index contributed by atoms with van der Waals surface area (Å²) in [5.74, 6) is 1.29. The van der Waals surface area contributed by atoms with Crippen molar-refractivity contribution in [2.75, 3.05) is 35.0 Å². The summed E-state index contributed by atoms with van der Waals surface area (Å²) in [6, 6.07) is 10.2. The Bertz CT molecular complexity index is 3230. The van der Waals surface area contributed by atoms with Gasteiger partial charge in [0.15, 0.2) is 17.5 Å². The molecule has 21 nitrogen and oxygen atoms in total. The van der Waals surface area contributed by atoms with Gasteiger partial charge in [-0.15, -0.1) is 20.4 Å². The van der Waals surface area contributed by atoms with Gasteiger partial charge in [-0.1, -0.05) is 51.6 Å². The van der Waals surface area contributed by atoms with E-state index < -0.39 is 5.97 Å².